The number of pyridine rings is 1. The summed E-state index contributed by atoms with van der Waals surface area (Å²) in [5, 5.41) is 9.18. The molecule has 3 rings (SSSR count). The summed E-state index contributed by atoms with van der Waals surface area (Å²) in [6, 6.07) is 5.79. The molecule has 1 fully saturated rings. The molecule has 2 aromatic rings. The lowest BCUT2D eigenvalue weighted by Gasteiger charge is -2.22. The van der Waals surface area contributed by atoms with Gasteiger partial charge in [0.05, 0.1) is 10.9 Å². The number of aromatic nitrogens is 2. The van der Waals surface area contributed by atoms with Crippen LogP contribution in [0.3, 0.4) is 0 Å². The number of unbranched alkanes of at least 4 members (excludes halogenated alkanes) is 2. The zero-order chi connectivity index (χ0) is 19.0. The molecule has 0 atom stereocenters. The first kappa shape index (κ1) is 20.2. The van der Waals surface area contributed by atoms with E-state index in [1.54, 1.807) is 17.5 Å². The maximum atomic E-state index is 12.2. The molecule has 27 heavy (non-hydrogen) atoms. The molecule has 7 nitrogen and oxygen atoms in total. The van der Waals surface area contributed by atoms with Crippen LogP contribution in [0.2, 0.25) is 0 Å². The number of piperidine rings is 1. The largest absolute Gasteiger partial charge is 0.362 e. The van der Waals surface area contributed by atoms with E-state index < -0.39 is 10.0 Å². The molecule has 0 radical (unpaired) electrons. The minimum absolute atomic E-state index is 0.237. The zero-order valence-corrected chi connectivity index (χ0v) is 17.0. The third-order valence-electron chi connectivity index (χ3n) is 4.59. The number of anilines is 1. The van der Waals surface area contributed by atoms with E-state index in [0.717, 1.165) is 55.4 Å². The second-order valence-electron chi connectivity index (χ2n) is 6.63. The Balaban J connectivity index is 1.29. The molecule has 0 saturated carbocycles. The van der Waals surface area contributed by atoms with Gasteiger partial charge in [0.2, 0.25) is 10.0 Å². The summed E-state index contributed by atoms with van der Waals surface area (Å²) >= 11 is 1.57. The first-order chi connectivity index (χ1) is 13.1. The van der Waals surface area contributed by atoms with Crippen LogP contribution in [0, 0.1) is 0 Å². The number of hydrogen-bond acceptors (Lipinski definition) is 7. The molecule has 0 aliphatic carbocycles. The standard InChI is InChI=1S/C18H27N5O2S2/c24-27(25,15-7-12-19-13-8-15)22-11-4-1-3-10-21-18-23-17(14-26-18)16-6-2-5-9-20-16/h2,5-6,9,14-15,19,22H,1,3-4,7-8,10-13H2,(H,21,23). The van der Waals surface area contributed by atoms with Crippen LogP contribution in [0.1, 0.15) is 32.1 Å². The summed E-state index contributed by atoms with van der Waals surface area (Å²) in [7, 11) is -3.16. The van der Waals surface area contributed by atoms with Crippen molar-refractivity contribution >= 4 is 26.5 Å². The van der Waals surface area contributed by atoms with Crippen LogP contribution in [-0.4, -0.2) is 49.8 Å². The first-order valence-electron chi connectivity index (χ1n) is 9.45. The molecule has 1 saturated heterocycles. The van der Waals surface area contributed by atoms with Gasteiger partial charge in [0.1, 0.15) is 5.69 Å². The van der Waals surface area contributed by atoms with E-state index in [2.05, 4.69) is 25.3 Å². The Hall–Kier alpha value is -1.55. The van der Waals surface area contributed by atoms with Crippen LogP contribution in [0.15, 0.2) is 29.8 Å². The topological polar surface area (TPSA) is 96.0 Å². The van der Waals surface area contributed by atoms with Crippen molar-refractivity contribution in [3.8, 4) is 11.4 Å². The average molecular weight is 410 g/mol. The van der Waals surface area contributed by atoms with E-state index in [4.69, 9.17) is 0 Å². The molecule has 0 amide bonds. The fourth-order valence-electron chi connectivity index (χ4n) is 3.05. The Morgan fingerprint density at radius 1 is 1.11 bits per heavy atom. The Kier molecular flexibility index (Phi) is 7.57. The maximum absolute atomic E-state index is 12.2. The van der Waals surface area contributed by atoms with E-state index in [-0.39, 0.29) is 5.25 Å². The number of hydrogen-bond donors (Lipinski definition) is 3. The zero-order valence-electron chi connectivity index (χ0n) is 15.4. The molecule has 9 heteroatoms. The van der Waals surface area contributed by atoms with E-state index in [1.807, 2.05) is 23.6 Å². The molecule has 148 valence electrons. The fourth-order valence-corrected chi connectivity index (χ4v) is 5.30. The van der Waals surface area contributed by atoms with Crippen molar-refractivity contribution < 1.29 is 8.42 Å². The van der Waals surface area contributed by atoms with Gasteiger partial charge in [-0.25, -0.2) is 18.1 Å². The highest BCUT2D eigenvalue weighted by Crippen LogP contribution is 2.23. The summed E-state index contributed by atoms with van der Waals surface area (Å²) in [6.45, 7) is 2.93. The highest BCUT2D eigenvalue weighted by atomic mass is 32.2. The maximum Gasteiger partial charge on any atom is 0.214 e. The van der Waals surface area contributed by atoms with Crippen molar-refractivity contribution in [3.63, 3.8) is 0 Å². The molecule has 0 aromatic carbocycles. The van der Waals surface area contributed by atoms with Crippen LogP contribution < -0.4 is 15.4 Å². The van der Waals surface area contributed by atoms with Crippen molar-refractivity contribution in [1.29, 1.82) is 0 Å². The summed E-state index contributed by atoms with van der Waals surface area (Å²) < 4.78 is 27.2. The number of sulfonamides is 1. The first-order valence-corrected chi connectivity index (χ1v) is 11.9. The third-order valence-corrected chi connectivity index (χ3v) is 7.35. The minimum Gasteiger partial charge on any atom is -0.362 e. The Morgan fingerprint density at radius 2 is 1.93 bits per heavy atom. The van der Waals surface area contributed by atoms with Gasteiger partial charge in [0.15, 0.2) is 5.13 Å². The van der Waals surface area contributed by atoms with Gasteiger partial charge in [-0.2, -0.15) is 0 Å². The summed E-state index contributed by atoms with van der Waals surface area (Å²) in [6.07, 6.45) is 5.97. The summed E-state index contributed by atoms with van der Waals surface area (Å²) in [4.78, 5) is 8.85. The summed E-state index contributed by atoms with van der Waals surface area (Å²) in [5.41, 5.74) is 1.76. The number of nitrogens with one attached hydrogen (secondary N) is 3. The highest BCUT2D eigenvalue weighted by molar-refractivity contribution is 7.90. The molecular formula is C18H27N5O2S2. The quantitative estimate of drug-likeness (QED) is 0.522. The lowest BCUT2D eigenvalue weighted by atomic mass is 10.2. The van der Waals surface area contributed by atoms with Gasteiger partial charge in [-0.15, -0.1) is 11.3 Å². The van der Waals surface area contributed by atoms with E-state index in [0.29, 0.717) is 19.4 Å². The van der Waals surface area contributed by atoms with Gasteiger partial charge < -0.3 is 10.6 Å². The number of nitrogens with zero attached hydrogens (tertiary/aromatic N) is 2. The molecule has 0 bridgehead atoms. The molecule has 1 aliphatic heterocycles. The Labute approximate surface area is 165 Å². The molecule has 3 heterocycles. The number of rotatable bonds is 10. The molecule has 2 aromatic heterocycles. The van der Waals surface area contributed by atoms with Crippen LogP contribution in [-0.2, 0) is 10.0 Å². The van der Waals surface area contributed by atoms with Crippen molar-refractivity contribution in [2.45, 2.75) is 37.4 Å². The second-order valence-corrected chi connectivity index (χ2v) is 9.53. The van der Waals surface area contributed by atoms with Crippen LogP contribution in [0.25, 0.3) is 11.4 Å². The predicted molar refractivity (Wildman–Crippen MR) is 110 cm³/mol. The van der Waals surface area contributed by atoms with Crippen molar-refractivity contribution in [2.75, 3.05) is 31.5 Å². The molecule has 0 spiro atoms. The lowest BCUT2D eigenvalue weighted by molar-refractivity contribution is 0.488. The van der Waals surface area contributed by atoms with E-state index in [1.165, 1.54) is 0 Å². The highest BCUT2D eigenvalue weighted by Gasteiger charge is 2.26. The number of thiazole rings is 1. The second kappa shape index (κ2) is 10.1. The van der Waals surface area contributed by atoms with Crippen LogP contribution >= 0.6 is 11.3 Å². The van der Waals surface area contributed by atoms with E-state index >= 15 is 0 Å². The van der Waals surface area contributed by atoms with Crippen LogP contribution in [0.5, 0.6) is 0 Å². The van der Waals surface area contributed by atoms with Gasteiger partial charge in [0.25, 0.3) is 0 Å². The normalized spacial score (nSPS) is 15.7. The van der Waals surface area contributed by atoms with Gasteiger partial charge in [-0.3, -0.25) is 4.98 Å². The Morgan fingerprint density at radius 3 is 2.70 bits per heavy atom. The van der Waals surface area contributed by atoms with Crippen molar-refractivity contribution in [1.82, 2.24) is 20.0 Å². The minimum atomic E-state index is -3.16. The fraction of sp³-hybridized carbons (Fsp3) is 0.556. The lowest BCUT2D eigenvalue weighted by Crippen LogP contribution is -2.41. The van der Waals surface area contributed by atoms with Crippen molar-refractivity contribution in [2.24, 2.45) is 0 Å². The summed E-state index contributed by atoms with van der Waals surface area (Å²) in [5.74, 6) is 0. The van der Waals surface area contributed by atoms with Crippen molar-refractivity contribution in [3.05, 3.63) is 29.8 Å². The SMILES string of the molecule is O=S(=O)(NCCCCCNc1nc(-c2ccccn2)cs1)C1CCNCC1. The van der Waals surface area contributed by atoms with Gasteiger partial charge in [0, 0.05) is 24.7 Å². The monoisotopic (exact) mass is 409 g/mol. The molecule has 0 unspecified atom stereocenters. The third kappa shape index (κ3) is 6.24. The van der Waals surface area contributed by atoms with E-state index in [9.17, 15) is 8.42 Å². The van der Waals surface area contributed by atoms with Crippen LogP contribution in [0.4, 0.5) is 5.13 Å². The Bertz CT molecular complexity index is 789. The molecule has 3 N–H and O–H groups in total. The predicted octanol–water partition coefficient (Wildman–Crippen LogP) is 2.46. The van der Waals surface area contributed by atoms with Gasteiger partial charge in [-0.1, -0.05) is 12.5 Å². The molecular weight excluding hydrogens is 382 g/mol. The van der Waals surface area contributed by atoms with Gasteiger partial charge in [-0.05, 0) is 50.9 Å². The smallest absolute Gasteiger partial charge is 0.214 e. The average Bonchev–Trinajstić information content (AvgIpc) is 3.17. The molecule has 1 aliphatic rings. The van der Waals surface area contributed by atoms with Gasteiger partial charge >= 0.3 is 0 Å².